The number of aliphatic imine (C=N–C) groups is 1. The standard InChI is InChI=1S/C19H29FN4O/c1-2-21-19(24-17-9-4-3-5-10-17)23-12-11-22-18(25)14-15-7-6-8-16(20)13-15/h6-8,13,17H,2-5,9-12,14H2,1H3,(H,22,25)(H2,21,23,24). The van der Waals surface area contributed by atoms with Crippen LogP contribution in [0.25, 0.3) is 0 Å². The molecule has 0 aromatic heterocycles. The number of guanidine groups is 1. The third-order valence-corrected chi connectivity index (χ3v) is 4.25. The van der Waals surface area contributed by atoms with Crippen molar-refractivity contribution < 1.29 is 9.18 Å². The zero-order valence-electron chi connectivity index (χ0n) is 15.0. The normalized spacial score (nSPS) is 15.7. The minimum absolute atomic E-state index is 0.119. The van der Waals surface area contributed by atoms with Gasteiger partial charge in [-0.05, 0) is 37.5 Å². The topological polar surface area (TPSA) is 65.5 Å². The molecular formula is C19H29FN4O. The maximum atomic E-state index is 13.1. The van der Waals surface area contributed by atoms with Gasteiger partial charge in [-0.15, -0.1) is 0 Å². The van der Waals surface area contributed by atoms with Crippen LogP contribution in [-0.4, -0.2) is 37.5 Å². The van der Waals surface area contributed by atoms with Crippen molar-refractivity contribution in [2.45, 2.75) is 51.5 Å². The molecular weight excluding hydrogens is 319 g/mol. The van der Waals surface area contributed by atoms with E-state index in [4.69, 9.17) is 0 Å². The minimum Gasteiger partial charge on any atom is -0.357 e. The largest absolute Gasteiger partial charge is 0.357 e. The summed E-state index contributed by atoms with van der Waals surface area (Å²) >= 11 is 0. The molecule has 0 spiro atoms. The van der Waals surface area contributed by atoms with Gasteiger partial charge in [0, 0.05) is 19.1 Å². The molecule has 1 aliphatic carbocycles. The third kappa shape index (κ3) is 7.54. The molecule has 1 saturated carbocycles. The zero-order chi connectivity index (χ0) is 17.9. The van der Waals surface area contributed by atoms with Gasteiger partial charge < -0.3 is 16.0 Å². The van der Waals surface area contributed by atoms with E-state index in [1.807, 2.05) is 6.92 Å². The smallest absolute Gasteiger partial charge is 0.224 e. The highest BCUT2D eigenvalue weighted by molar-refractivity contribution is 5.80. The summed E-state index contributed by atoms with van der Waals surface area (Å²) in [7, 11) is 0. The molecule has 3 N–H and O–H groups in total. The number of nitrogens with one attached hydrogen (secondary N) is 3. The van der Waals surface area contributed by atoms with Crippen molar-refractivity contribution in [3.63, 3.8) is 0 Å². The Balaban J connectivity index is 1.72. The second-order valence-corrected chi connectivity index (χ2v) is 6.40. The summed E-state index contributed by atoms with van der Waals surface area (Å²) < 4.78 is 13.1. The first-order valence-electron chi connectivity index (χ1n) is 9.23. The molecule has 1 amide bonds. The van der Waals surface area contributed by atoms with Crippen LogP contribution in [0.4, 0.5) is 4.39 Å². The first-order valence-corrected chi connectivity index (χ1v) is 9.23. The van der Waals surface area contributed by atoms with Gasteiger partial charge in [0.15, 0.2) is 5.96 Å². The van der Waals surface area contributed by atoms with E-state index in [0.717, 1.165) is 12.5 Å². The fourth-order valence-electron chi connectivity index (χ4n) is 3.02. The number of hydrogen-bond acceptors (Lipinski definition) is 2. The van der Waals surface area contributed by atoms with Gasteiger partial charge >= 0.3 is 0 Å². The summed E-state index contributed by atoms with van der Waals surface area (Å²) in [5.74, 6) is 0.374. The monoisotopic (exact) mass is 348 g/mol. The Morgan fingerprint density at radius 2 is 2.04 bits per heavy atom. The van der Waals surface area contributed by atoms with Gasteiger partial charge in [-0.2, -0.15) is 0 Å². The van der Waals surface area contributed by atoms with Crippen LogP contribution >= 0.6 is 0 Å². The van der Waals surface area contributed by atoms with E-state index in [9.17, 15) is 9.18 Å². The van der Waals surface area contributed by atoms with Crippen LogP contribution < -0.4 is 16.0 Å². The molecule has 1 aliphatic rings. The van der Waals surface area contributed by atoms with Crippen LogP contribution in [0.3, 0.4) is 0 Å². The summed E-state index contributed by atoms with van der Waals surface area (Å²) in [6, 6.07) is 6.61. The molecule has 5 nitrogen and oxygen atoms in total. The maximum absolute atomic E-state index is 13.1. The van der Waals surface area contributed by atoms with E-state index in [2.05, 4.69) is 20.9 Å². The first kappa shape index (κ1) is 19.2. The average molecular weight is 348 g/mol. The number of amides is 1. The Kier molecular flexibility index (Phi) is 8.22. The van der Waals surface area contributed by atoms with Crippen molar-refractivity contribution in [2.75, 3.05) is 19.6 Å². The Bertz CT molecular complexity index is 570. The van der Waals surface area contributed by atoms with Crippen LogP contribution in [0.5, 0.6) is 0 Å². The van der Waals surface area contributed by atoms with Crippen molar-refractivity contribution in [3.05, 3.63) is 35.6 Å². The molecule has 0 atom stereocenters. The third-order valence-electron chi connectivity index (χ3n) is 4.25. The lowest BCUT2D eigenvalue weighted by Crippen LogP contribution is -2.44. The molecule has 1 aromatic rings. The van der Waals surface area contributed by atoms with Gasteiger partial charge in [0.25, 0.3) is 0 Å². The summed E-state index contributed by atoms with van der Waals surface area (Å²) in [5, 5.41) is 9.55. The number of carbonyl (C=O) groups is 1. The molecule has 138 valence electrons. The molecule has 0 radical (unpaired) electrons. The van der Waals surface area contributed by atoms with Gasteiger partial charge in [0.2, 0.25) is 5.91 Å². The highest BCUT2D eigenvalue weighted by atomic mass is 19.1. The summed E-state index contributed by atoms with van der Waals surface area (Å²) in [5.41, 5.74) is 0.674. The van der Waals surface area contributed by atoms with Gasteiger partial charge in [-0.1, -0.05) is 31.4 Å². The molecule has 6 heteroatoms. The Labute approximate surface area is 149 Å². The van der Waals surface area contributed by atoms with Crippen LogP contribution in [0.2, 0.25) is 0 Å². The molecule has 0 unspecified atom stereocenters. The molecule has 2 rings (SSSR count). The number of carbonyl (C=O) groups excluding carboxylic acids is 1. The second-order valence-electron chi connectivity index (χ2n) is 6.40. The quantitative estimate of drug-likeness (QED) is 0.403. The fourth-order valence-corrected chi connectivity index (χ4v) is 3.02. The molecule has 25 heavy (non-hydrogen) atoms. The summed E-state index contributed by atoms with van der Waals surface area (Å²) in [6.07, 6.45) is 6.43. The lowest BCUT2D eigenvalue weighted by Gasteiger charge is -2.24. The predicted molar refractivity (Wildman–Crippen MR) is 99.1 cm³/mol. The van der Waals surface area contributed by atoms with Crippen molar-refractivity contribution in [2.24, 2.45) is 4.99 Å². The Hall–Kier alpha value is -2.11. The molecule has 0 saturated heterocycles. The maximum Gasteiger partial charge on any atom is 0.224 e. The molecule has 0 bridgehead atoms. The molecule has 1 aromatic carbocycles. The van der Waals surface area contributed by atoms with Crippen molar-refractivity contribution in [1.29, 1.82) is 0 Å². The number of rotatable bonds is 7. The second kappa shape index (κ2) is 10.7. The average Bonchev–Trinajstić information content (AvgIpc) is 2.60. The van der Waals surface area contributed by atoms with Gasteiger partial charge in [-0.25, -0.2) is 4.39 Å². The van der Waals surface area contributed by atoms with E-state index in [1.165, 1.54) is 44.2 Å². The van der Waals surface area contributed by atoms with Gasteiger partial charge in [0.05, 0.1) is 13.0 Å². The Morgan fingerprint density at radius 3 is 2.76 bits per heavy atom. The summed E-state index contributed by atoms with van der Waals surface area (Å²) in [6.45, 7) is 3.83. The number of benzene rings is 1. The molecule has 0 heterocycles. The zero-order valence-corrected chi connectivity index (χ0v) is 15.0. The summed E-state index contributed by atoms with van der Waals surface area (Å²) in [4.78, 5) is 16.4. The van der Waals surface area contributed by atoms with E-state index in [-0.39, 0.29) is 18.1 Å². The van der Waals surface area contributed by atoms with Gasteiger partial charge in [0.1, 0.15) is 5.82 Å². The van der Waals surface area contributed by atoms with E-state index < -0.39 is 0 Å². The lowest BCUT2D eigenvalue weighted by molar-refractivity contribution is -0.120. The van der Waals surface area contributed by atoms with Crippen LogP contribution in [0.15, 0.2) is 29.3 Å². The van der Waals surface area contributed by atoms with Crippen molar-refractivity contribution in [1.82, 2.24) is 16.0 Å². The Morgan fingerprint density at radius 1 is 1.24 bits per heavy atom. The van der Waals surface area contributed by atoms with E-state index in [1.54, 1.807) is 12.1 Å². The van der Waals surface area contributed by atoms with Crippen LogP contribution in [0.1, 0.15) is 44.6 Å². The first-order chi connectivity index (χ1) is 12.2. The van der Waals surface area contributed by atoms with Crippen LogP contribution in [0, 0.1) is 5.82 Å². The van der Waals surface area contributed by atoms with Crippen LogP contribution in [-0.2, 0) is 11.2 Å². The van der Waals surface area contributed by atoms with Crippen molar-refractivity contribution in [3.8, 4) is 0 Å². The molecule has 0 aliphatic heterocycles. The lowest BCUT2D eigenvalue weighted by atomic mass is 9.96. The highest BCUT2D eigenvalue weighted by Gasteiger charge is 2.14. The number of hydrogen-bond donors (Lipinski definition) is 3. The van der Waals surface area contributed by atoms with E-state index >= 15 is 0 Å². The van der Waals surface area contributed by atoms with E-state index in [0.29, 0.717) is 24.7 Å². The minimum atomic E-state index is -0.320. The van der Waals surface area contributed by atoms with Gasteiger partial charge in [-0.3, -0.25) is 9.79 Å². The highest BCUT2D eigenvalue weighted by Crippen LogP contribution is 2.17. The van der Waals surface area contributed by atoms with Crippen molar-refractivity contribution >= 4 is 11.9 Å². The number of halogens is 1. The number of nitrogens with zero attached hydrogens (tertiary/aromatic N) is 1. The molecule has 1 fully saturated rings. The fraction of sp³-hybridized carbons (Fsp3) is 0.579. The SMILES string of the molecule is CCNC(=NCCNC(=O)Cc1cccc(F)c1)NC1CCCCC1. The predicted octanol–water partition coefficient (Wildman–Crippen LogP) is 2.37.